The lowest BCUT2D eigenvalue weighted by Crippen LogP contribution is -2.48. The monoisotopic (exact) mass is 139 g/mol. The first-order valence-corrected chi connectivity index (χ1v) is 4.62. The van der Waals surface area contributed by atoms with Gasteiger partial charge in [-0.15, -0.1) is 0 Å². The minimum atomic E-state index is 0.717. The predicted molar refractivity (Wildman–Crippen MR) is 43.1 cm³/mol. The van der Waals surface area contributed by atoms with Crippen molar-refractivity contribution in [2.75, 3.05) is 13.1 Å². The summed E-state index contributed by atoms with van der Waals surface area (Å²) in [5.74, 6) is 0. The molecule has 0 N–H and O–H groups in total. The van der Waals surface area contributed by atoms with E-state index in [1.54, 1.807) is 0 Å². The topological polar surface area (TPSA) is 3.24 Å². The molecule has 2 aliphatic rings. The molecular weight excluding hydrogens is 122 g/mol. The molecule has 0 aromatic rings. The van der Waals surface area contributed by atoms with Gasteiger partial charge in [0.1, 0.15) is 0 Å². The number of rotatable bonds is 1. The maximum atomic E-state index is 2.69. The molecule has 58 valence electrons. The summed E-state index contributed by atoms with van der Waals surface area (Å²) in [6.07, 6.45) is 7.40. The summed E-state index contributed by atoms with van der Waals surface area (Å²) in [6, 6.07) is 0. The van der Waals surface area contributed by atoms with Crippen LogP contribution in [-0.4, -0.2) is 23.5 Å². The highest BCUT2D eigenvalue weighted by Crippen LogP contribution is 2.44. The summed E-state index contributed by atoms with van der Waals surface area (Å²) >= 11 is 0. The summed E-state index contributed by atoms with van der Waals surface area (Å²) < 4.78 is 0. The van der Waals surface area contributed by atoms with Crippen LogP contribution in [0.4, 0.5) is 0 Å². The molecule has 0 bridgehead atoms. The van der Waals surface area contributed by atoms with Crippen molar-refractivity contribution in [2.24, 2.45) is 0 Å². The minimum Gasteiger partial charge on any atom is -0.298 e. The molecule has 0 unspecified atom stereocenters. The van der Waals surface area contributed by atoms with Crippen molar-refractivity contribution in [3.63, 3.8) is 0 Å². The molecule has 1 spiro atoms. The van der Waals surface area contributed by atoms with Gasteiger partial charge in [-0.3, -0.25) is 4.90 Å². The first kappa shape index (κ1) is 6.66. The van der Waals surface area contributed by atoms with Crippen LogP contribution in [0.2, 0.25) is 0 Å². The molecule has 0 amide bonds. The third-order valence-electron chi connectivity index (χ3n) is 3.41. The highest BCUT2D eigenvalue weighted by molar-refractivity contribution is 5.01. The summed E-state index contributed by atoms with van der Waals surface area (Å²) in [5, 5.41) is 0. The maximum Gasteiger partial charge on any atom is 0.0210 e. The zero-order chi connectivity index (χ0) is 7.03. The molecule has 2 fully saturated rings. The number of hydrogen-bond acceptors (Lipinski definition) is 1. The van der Waals surface area contributed by atoms with Crippen molar-refractivity contribution >= 4 is 0 Å². The Balaban J connectivity index is 2.05. The maximum absolute atomic E-state index is 2.69. The van der Waals surface area contributed by atoms with E-state index in [0.29, 0.717) is 0 Å². The second-order valence-electron chi connectivity index (χ2n) is 3.76. The van der Waals surface area contributed by atoms with E-state index in [2.05, 4.69) is 11.8 Å². The Morgan fingerprint density at radius 2 is 1.90 bits per heavy atom. The third kappa shape index (κ3) is 0.731. The van der Waals surface area contributed by atoms with Crippen molar-refractivity contribution in [3.8, 4) is 0 Å². The van der Waals surface area contributed by atoms with Crippen LogP contribution in [0.15, 0.2) is 0 Å². The Morgan fingerprint density at radius 1 is 1.20 bits per heavy atom. The highest BCUT2D eigenvalue weighted by Gasteiger charge is 2.44. The van der Waals surface area contributed by atoms with Crippen molar-refractivity contribution in [3.05, 3.63) is 0 Å². The average Bonchev–Trinajstić information content (AvgIpc) is 2.27. The first-order valence-electron chi connectivity index (χ1n) is 4.62. The van der Waals surface area contributed by atoms with Gasteiger partial charge < -0.3 is 0 Å². The SMILES string of the molecule is CCN1CCCC12CCC2. The van der Waals surface area contributed by atoms with Gasteiger partial charge in [-0.2, -0.15) is 0 Å². The molecule has 0 atom stereocenters. The van der Waals surface area contributed by atoms with E-state index in [4.69, 9.17) is 0 Å². The molecule has 0 radical (unpaired) electrons. The van der Waals surface area contributed by atoms with Crippen LogP contribution in [0.3, 0.4) is 0 Å². The van der Waals surface area contributed by atoms with Gasteiger partial charge in [0.05, 0.1) is 0 Å². The average molecular weight is 139 g/mol. The van der Waals surface area contributed by atoms with Crippen LogP contribution in [-0.2, 0) is 0 Å². The Bertz CT molecular complexity index is 127. The van der Waals surface area contributed by atoms with E-state index in [9.17, 15) is 0 Å². The van der Waals surface area contributed by atoms with Gasteiger partial charge in [0.2, 0.25) is 0 Å². The van der Waals surface area contributed by atoms with E-state index in [0.717, 1.165) is 5.54 Å². The predicted octanol–water partition coefficient (Wildman–Crippen LogP) is 2.02. The van der Waals surface area contributed by atoms with Crippen molar-refractivity contribution in [1.82, 2.24) is 4.90 Å². The van der Waals surface area contributed by atoms with Crippen LogP contribution in [0.5, 0.6) is 0 Å². The molecule has 1 heterocycles. The molecule has 0 aromatic carbocycles. The van der Waals surface area contributed by atoms with Crippen LogP contribution in [0.1, 0.15) is 39.0 Å². The lowest BCUT2D eigenvalue weighted by Gasteiger charge is -2.45. The van der Waals surface area contributed by atoms with Crippen LogP contribution >= 0.6 is 0 Å². The normalized spacial score (nSPS) is 30.9. The van der Waals surface area contributed by atoms with Crippen LogP contribution in [0.25, 0.3) is 0 Å². The van der Waals surface area contributed by atoms with Gasteiger partial charge in [-0.05, 0) is 45.2 Å². The van der Waals surface area contributed by atoms with Crippen molar-refractivity contribution in [1.29, 1.82) is 0 Å². The molecule has 1 saturated heterocycles. The highest BCUT2D eigenvalue weighted by atomic mass is 15.2. The van der Waals surface area contributed by atoms with Gasteiger partial charge >= 0.3 is 0 Å². The molecule has 1 nitrogen and oxygen atoms in total. The molecule has 1 aliphatic carbocycles. The molecule has 1 aliphatic heterocycles. The van der Waals surface area contributed by atoms with E-state index < -0.39 is 0 Å². The zero-order valence-corrected chi connectivity index (χ0v) is 6.90. The molecule has 0 aromatic heterocycles. The van der Waals surface area contributed by atoms with E-state index in [1.165, 1.54) is 45.2 Å². The smallest absolute Gasteiger partial charge is 0.0210 e. The summed E-state index contributed by atoms with van der Waals surface area (Å²) in [5.41, 5.74) is 0.717. The van der Waals surface area contributed by atoms with E-state index >= 15 is 0 Å². The van der Waals surface area contributed by atoms with Gasteiger partial charge in [0.25, 0.3) is 0 Å². The summed E-state index contributed by atoms with van der Waals surface area (Å²) in [7, 11) is 0. The van der Waals surface area contributed by atoms with E-state index in [-0.39, 0.29) is 0 Å². The zero-order valence-electron chi connectivity index (χ0n) is 6.90. The van der Waals surface area contributed by atoms with E-state index in [1.807, 2.05) is 0 Å². The largest absolute Gasteiger partial charge is 0.298 e. The van der Waals surface area contributed by atoms with Crippen LogP contribution in [0, 0.1) is 0 Å². The molecule has 1 saturated carbocycles. The molecular formula is C9H17N. The lowest BCUT2D eigenvalue weighted by atomic mass is 9.75. The third-order valence-corrected chi connectivity index (χ3v) is 3.41. The quantitative estimate of drug-likeness (QED) is 0.537. The van der Waals surface area contributed by atoms with Crippen molar-refractivity contribution in [2.45, 2.75) is 44.6 Å². The molecule has 10 heavy (non-hydrogen) atoms. The van der Waals surface area contributed by atoms with Gasteiger partial charge in [0, 0.05) is 5.54 Å². The fourth-order valence-corrected chi connectivity index (χ4v) is 2.64. The molecule has 2 rings (SSSR count). The Morgan fingerprint density at radius 3 is 2.30 bits per heavy atom. The second-order valence-corrected chi connectivity index (χ2v) is 3.76. The van der Waals surface area contributed by atoms with Gasteiger partial charge in [-0.1, -0.05) is 6.92 Å². The minimum absolute atomic E-state index is 0.717. The van der Waals surface area contributed by atoms with Crippen molar-refractivity contribution < 1.29 is 0 Å². The fraction of sp³-hybridized carbons (Fsp3) is 1.00. The Labute approximate surface area is 63.4 Å². The number of hydrogen-bond donors (Lipinski definition) is 0. The Kier molecular flexibility index (Phi) is 1.48. The fourth-order valence-electron chi connectivity index (χ4n) is 2.64. The summed E-state index contributed by atoms with van der Waals surface area (Å²) in [4.78, 5) is 2.69. The second kappa shape index (κ2) is 2.23. The van der Waals surface area contributed by atoms with Gasteiger partial charge in [-0.25, -0.2) is 0 Å². The number of nitrogens with zero attached hydrogens (tertiary/aromatic N) is 1. The first-order chi connectivity index (χ1) is 4.87. The van der Waals surface area contributed by atoms with Crippen LogP contribution < -0.4 is 0 Å². The molecule has 1 heteroatoms. The summed E-state index contributed by atoms with van der Waals surface area (Å²) in [6.45, 7) is 4.95. The lowest BCUT2D eigenvalue weighted by molar-refractivity contribution is 0.0611. The standard InChI is InChI=1S/C9H17N/c1-2-10-8-4-7-9(10)5-3-6-9/h2-8H2,1H3. The van der Waals surface area contributed by atoms with Gasteiger partial charge in [0.15, 0.2) is 0 Å². The number of likely N-dealkylation sites (tertiary alicyclic amines) is 1. The Hall–Kier alpha value is -0.0400.